The number of aliphatic carboxylic acids is 1. The Labute approximate surface area is 206 Å². The van der Waals surface area contributed by atoms with Gasteiger partial charge in [-0.3, -0.25) is 9.59 Å². The summed E-state index contributed by atoms with van der Waals surface area (Å²) < 4.78 is 5.61. The molecule has 2 aromatic carbocycles. The van der Waals surface area contributed by atoms with E-state index in [1.165, 1.54) is 0 Å². The fraction of sp³-hybridized carbons (Fsp3) is 0.393. The Bertz CT molecular complexity index is 1040. The van der Waals surface area contributed by atoms with Crippen molar-refractivity contribution < 1.29 is 24.2 Å². The standard InChI is InChI=1S/C28H34N2O5/c1-4-19(14-16-26(31)32)29-27(33)25(15-13-18(2)3)30-28(34)35-17-24-22-11-7-5-9-20(22)21-10-6-8-12-23(21)24/h5-13,19,24-25H,4,14-17H2,1-3H3,(H,29,33)(H,30,34)(H,31,32). The van der Waals surface area contributed by atoms with Crippen molar-refractivity contribution in [1.29, 1.82) is 0 Å². The molecule has 35 heavy (non-hydrogen) atoms. The number of carbonyl (C=O) groups excluding carboxylic acids is 2. The molecule has 7 nitrogen and oxygen atoms in total. The fourth-order valence-corrected chi connectivity index (χ4v) is 4.35. The van der Waals surface area contributed by atoms with E-state index in [0.717, 1.165) is 27.8 Å². The van der Waals surface area contributed by atoms with E-state index in [4.69, 9.17) is 9.84 Å². The molecular weight excluding hydrogens is 444 g/mol. The van der Waals surface area contributed by atoms with Gasteiger partial charge in [-0.2, -0.15) is 0 Å². The van der Waals surface area contributed by atoms with Crippen molar-refractivity contribution in [2.75, 3.05) is 6.61 Å². The van der Waals surface area contributed by atoms with Crippen LogP contribution in [0.2, 0.25) is 0 Å². The van der Waals surface area contributed by atoms with Crippen LogP contribution in [0.25, 0.3) is 11.1 Å². The van der Waals surface area contributed by atoms with Crippen LogP contribution in [0.5, 0.6) is 0 Å². The highest BCUT2D eigenvalue weighted by molar-refractivity contribution is 5.86. The smallest absolute Gasteiger partial charge is 0.407 e. The van der Waals surface area contributed by atoms with Crippen LogP contribution >= 0.6 is 0 Å². The van der Waals surface area contributed by atoms with Crippen molar-refractivity contribution >= 4 is 18.0 Å². The van der Waals surface area contributed by atoms with Crippen LogP contribution in [0, 0.1) is 0 Å². The molecule has 0 aliphatic heterocycles. The number of carboxylic acid groups (broad SMARTS) is 1. The summed E-state index contributed by atoms with van der Waals surface area (Å²) in [6, 6.07) is 15.1. The second kappa shape index (κ2) is 12.2. The van der Waals surface area contributed by atoms with Crippen molar-refractivity contribution in [2.45, 2.75) is 64.5 Å². The number of hydrogen-bond acceptors (Lipinski definition) is 4. The third kappa shape index (κ3) is 6.94. The molecule has 2 amide bonds. The van der Waals surface area contributed by atoms with E-state index in [0.29, 0.717) is 19.3 Å². The predicted octanol–water partition coefficient (Wildman–Crippen LogP) is 5.01. The Morgan fingerprint density at radius 1 is 1.00 bits per heavy atom. The van der Waals surface area contributed by atoms with Gasteiger partial charge >= 0.3 is 12.1 Å². The lowest BCUT2D eigenvalue weighted by Gasteiger charge is -2.22. The van der Waals surface area contributed by atoms with Crippen molar-refractivity contribution in [2.24, 2.45) is 0 Å². The van der Waals surface area contributed by atoms with Gasteiger partial charge in [0.15, 0.2) is 0 Å². The van der Waals surface area contributed by atoms with Gasteiger partial charge < -0.3 is 20.5 Å². The van der Waals surface area contributed by atoms with Gasteiger partial charge in [0, 0.05) is 18.4 Å². The van der Waals surface area contributed by atoms with Crippen LogP contribution in [0.3, 0.4) is 0 Å². The number of carboxylic acids is 1. The minimum absolute atomic E-state index is 0.0305. The molecule has 186 valence electrons. The van der Waals surface area contributed by atoms with Crippen LogP contribution in [0.4, 0.5) is 4.79 Å². The molecule has 0 saturated heterocycles. The maximum absolute atomic E-state index is 12.9. The number of amides is 2. The van der Waals surface area contributed by atoms with Gasteiger partial charge in [-0.15, -0.1) is 0 Å². The first-order valence-corrected chi connectivity index (χ1v) is 12.1. The Hall–Kier alpha value is -3.61. The highest BCUT2D eigenvalue weighted by atomic mass is 16.5. The first-order valence-electron chi connectivity index (χ1n) is 12.1. The number of allylic oxidation sites excluding steroid dienone is 1. The molecule has 7 heteroatoms. The summed E-state index contributed by atoms with van der Waals surface area (Å²) >= 11 is 0. The second-order valence-electron chi connectivity index (χ2n) is 9.09. The number of benzene rings is 2. The van der Waals surface area contributed by atoms with Gasteiger partial charge in [0.2, 0.25) is 5.91 Å². The van der Waals surface area contributed by atoms with Gasteiger partial charge in [0.25, 0.3) is 0 Å². The monoisotopic (exact) mass is 478 g/mol. The van der Waals surface area contributed by atoms with Gasteiger partial charge in [0.1, 0.15) is 12.6 Å². The third-order valence-corrected chi connectivity index (χ3v) is 6.26. The van der Waals surface area contributed by atoms with E-state index in [1.807, 2.05) is 63.2 Å². The Morgan fingerprint density at radius 3 is 2.14 bits per heavy atom. The zero-order valence-corrected chi connectivity index (χ0v) is 20.5. The SMILES string of the molecule is CCC(CCC(=O)O)NC(=O)C(CC=C(C)C)NC(=O)OCC1c2ccccc2-c2ccccc21. The van der Waals surface area contributed by atoms with E-state index in [-0.39, 0.29) is 30.9 Å². The van der Waals surface area contributed by atoms with Crippen LogP contribution in [-0.2, 0) is 14.3 Å². The van der Waals surface area contributed by atoms with Crippen LogP contribution < -0.4 is 10.6 Å². The summed E-state index contributed by atoms with van der Waals surface area (Å²) in [6.45, 7) is 5.89. The molecule has 0 heterocycles. The summed E-state index contributed by atoms with van der Waals surface area (Å²) in [5.41, 5.74) is 5.54. The van der Waals surface area contributed by atoms with Gasteiger partial charge in [-0.1, -0.05) is 67.1 Å². The molecule has 0 radical (unpaired) electrons. The molecule has 0 bridgehead atoms. The average molecular weight is 479 g/mol. The number of ether oxygens (including phenoxy) is 1. The molecule has 0 aromatic heterocycles. The third-order valence-electron chi connectivity index (χ3n) is 6.26. The van der Waals surface area contributed by atoms with E-state index in [1.54, 1.807) is 0 Å². The molecule has 3 N–H and O–H groups in total. The lowest BCUT2D eigenvalue weighted by molar-refractivity contribution is -0.137. The quantitative estimate of drug-likeness (QED) is 0.394. The maximum atomic E-state index is 12.9. The number of rotatable bonds is 11. The molecule has 1 aliphatic carbocycles. The largest absolute Gasteiger partial charge is 0.481 e. The number of carbonyl (C=O) groups is 3. The van der Waals surface area contributed by atoms with E-state index < -0.39 is 18.1 Å². The first kappa shape index (κ1) is 26.0. The number of nitrogens with one attached hydrogen (secondary N) is 2. The molecule has 0 fully saturated rings. The highest BCUT2D eigenvalue weighted by Gasteiger charge is 2.30. The minimum atomic E-state index is -0.907. The van der Waals surface area contributed by atoms with Crippen molar-refractivity contribution in [3.05, 3.63) is 71.3 Å². The molecule has 3 rings (SSSR count). The van der Waals surface area contributed by atoms with Crippen LogP contribution in [0.1, 0.15) is 63.5 Å². The number of alkyl carbamates (subject to hydrolysis) is 1. The van der Waals surface area contributed by atoms with E-state index in [9.17, 15) is 14.4 Å². The van der Waals surface area contributed by atoms with Crippen molar-refractivity contribution in [1.82, 2.24) is 10.6 Å². The highest BCUT2D eigenvalue weighted by Crippen LogP contribution is 2.44. The normalized spacial score (nSPS) is 13.7. The average Bonchev–Trinajstić information content (AvgIpc) is 3.16. The lowest BCUT2D eigenvalue weighted by atomic mass is 9.98. The van der Waals surface area contributed by atoms with Crippen LogP contribution in [-0.4, -0.2) is 41.8 Å². The van der Waals surface area contributed by atoms with E-state index in [2.05, 4.69) is 22.8 Å². The predicted molar refractivity (Wildman–Crippen MR) is 135 cm³/mol. The number of hydrogen-bond donors (Lipinski definition) is 3. The zero-order valence-electron chi connectivity index (χ0n) is 20.5. The fourth-order valence-electron chi connectivity index (χ4n) is 4.35. The molecule has 2 unspecified atom stereocenters. The molecular formula is C28H34N2O5. The number of fused-ring (bicyclic) bond motifs is 3. The van der Waals surface area contributed by atoms with Crippen molar-refractivity contribution in [3.63, 3.8) is 0 Å². The first-order chi connectivity index (χ1) is 16.8. The molecule has 1 aliphatic rings. The Balaban J connectivity index is 1.65. The topological polar surface area (TPSA) is 105 Å². The summed E-state index contributed by atoms with van der Waals surface area (Å²) in [5, 5.41) is 14.5. The van der Waals surface area contributed by atoms with Crippen LogP contribution in [0.15, 0.2) is 60.2 Å². The summed E-state index contributed by atoms with van der Waals surface area (Å²) in [4.78, 5) is 36.6. The summed E-state index contributed by atoms with van der Waals surface area (Å²) in [6.07, 6.45) is 2.43. The van der Waals surface area contributed by atoms with E-state index >= 15 is 0 Å². The Morgan fingerprint density at radius 2 is 1.60 bits per heavy atom. The van der Waals surface area contributed by atoms with Crippen molar-refractivity contribution in [3.8, 4) is 11.1 Å². The summed E-state index contributed by atoms with van der Waals surface area (Å²) in [5.74, 6) is -1.33. The summed E-state index contributed by atoms with van der Waals surface area (Å²) in [7, 11) is 0. The molecule has 2 atom stereocenters. The zero-order chi connectivity index (χ0) is 25.4. The van der Waals surface area contributed by atoms with Gasteiger partial charge in [0.05, 0.1) is 0 Å². The van der Waals surface area contributed by atoms with Gasteiger partial charge in [-0.25, -0.2) is 4.79 Å². The molecule has 0 spiro atoms. The lowest BCUT2D eigenvalue weighted by Crippen LogP contribution is -2.49. The van der Waals surface area contributed by atoms with Gasteiger partial charge in [-0.05, 0) is 55.4 Å². The molecule has 2 aromatic rings. The maximum Gasteiger partial charge on any atom is 0.407 e. The second-order valence-corrected chi connectivity index (χ2v) is 9.09. The molecule has 0 saturated carbocycles. The Kier molecular flexibility index (Phi) is 9.06. The minimum Gasteiger partial charge on any atom is -0.481 e.